The summed E-state index contributed by atoms with van der Waals surface area (Å²) in [5.41, 5.74) is -0.532. The van der Waals surface area contributed by atoms with Crippen LogP contribution < -0.4 is 10.0 Å². The van der Waals surface area contributed by atoms with E-state index in [2.05, 4.69) is 10.0 Å². The molecule has 0 aliphatic heterocycles. The Hall–Kier alpha value is -2.32. The van der Waals surface area contributed by atoms with Gasteiger partial charge in [-0.2, -0.15) is 0 Å². The fourth-order valence-corrected chi connectivity index (χ4v) is 3.51. The Balaban J connectivity index is 2.24. The van der Waals surface area contributed by atoms with Gasteiger partial charge in [0.1, 0.15) is 0 Å². The molecule has 0 saturated heterocycles. The standard InChI is InChI=1S/C17H18F2N2O3S/c1-17(2,3)21-25(23,24)13-6-4-5-12(10-13)20-16(22)11-7-8-14(18)15(19)9-11/h4-10,21H,1-3H3,(H,20,22). The minimum atomic E-state index is -3.76. The molecule has 0 aromatic heterocycles. The van der Waals surface area contributed by atoms with Gasteiger partial charge < -0.3 is 5.32 Å². The maximum atomic E-state index is 13.2. The Morgan fingerprint density at radius 3 is 2.28 bits per heavy atom. The number of carbonyl (C=O) groups excluding carboxylic acids is 1. The number of halogens is 2. The number of benzene rings is 2. The third kappa shape index (κ3) is 5.07. The minimum absolute atomic E-state index is 0.0227. The van der Waals surface area contributed by atoms with Crippen LogP contribution in [0.2, 0.25) is 0 Å². The van der Waals surface area contributed by atoms with Gasteiger partial charge in [0.05, 0.1) is 4.90 Å². The molecule has 0 radical (unpaired) electrons. The molecule has 0 saturated carbocycles. The summed E-state index contributed by atoms with van der Waals surface area (Å²) in [4.78, 5) is 12.1. The zero-order valence-corrected chi connectivity index (χ0v) is 14.7. The van der Waals surface area contributed by atoms with E-state index in [1.807, 2.05) is 0 Å². The lowest BCUT2D eigenvalue weighted by molar-refractivity contribution is 0.102. The number of nitrogens with one attached hydrogen (secondary N) is 2. The van der Waals surface area contributed by atoms with Crippen LogP contribution in [0.4, 0.5) is 14.5 Å². The van der Waals surface area contributed by atoms with E-state index in [-0.39, 0.29) is 16.1 Å². The van der Waals surface area contributed by atoms with Gasteiger partial charge in [0.25, 0.3) is 5.91 Å². The van der Waals surface area contributed by atoms with Crippen molar-refractivity contribution >= 4 is 21.6 Å². The highest BCUT2D eigenvalue weighted by Gasteiger charge is 2.22. The topological polar surface area (TPSA) is 75.3 Å². The number of anilines is 1. The molecule has 5 nitrogen and oxygen atoms in total. The quantitative estimate of drug-likeness (QED) is 0.870. The Morgan fingerprint density at radius 2 is 1.68 bits per heavy atom. The highest BCUT2D eigenvalue weighted by Crippen LogP contribution is 2.18. The van der Waals surface area contributed by atoms with Crippen molar-refractivity contribution in [3.05, 3.63) is 59.7 Å². The van der Waals surface area contributed by atoms with E-state index in [4.69, 9.17) is 0 Å². The first kappa shape index (κ1) is 19.0. The lowest BCUT2D eigenvalue weighted by Crippen LogP contribution is -2.40. The SMILES string of the molecule is CC(C)(C)NS(=O)(=O)c1cccc(NC(=O)c2ccc(F)c(F)c2)c1. The third-order valence-electron chi connectivity index (χ3n) is 3.02. The van der Waals surface area contributed by atoms with Crippen molar-refractivity contribution in [3.63, 3.8) is 0 Å². The van der Waals surface area contributed by atoms with E-state index in [1.165, 1.54) is 24.3 Å². The van der Waals surface area contributed by atoms with E-state index < -0.39 is 33.1 Å². The summed E-state index contributed by atoms with van der Waals surface area (Å²) in [7, 11) is -3.76. The summed E-state index contributed by atoms with van der Waals surface area (Å²) in [5.74, 6) is -2.88. The van der Waals surface area contributed by atoms with E-state index in [0.29, 0.717) is 0 Å². The van der Waals surface area contributed by atoms with Gasteiger partial charge in [0.15, 0.2) is 11.6 Å². The van der Waals surface area contributed by atoms with Gasteiger partial charge in [-0.05, 0) is 57.2 Å². The van der Waals surface area contributed by atoms with Gasteiger partial charge in [-0.1, -0.05) is 6.07 Å². The molecular formula is C17H18F2N2O3S. The fourth-order valence-electron chi connectivity index (χ4n) is 2.04. The lowest BCUT2D eigenvalue weighted by atomic mass is 10.1. The van der Waals surface area contributed by atoms with E-state index in [0.717, 1.165) is 18.2 Å². The van der Waals surface area contributed by atoms with Crippen molar-refractivity contribution < 1.29 is 22.0 Å². The lowest BCUT2D eigenvalue weighted by Gasteiger charge is -2.20. The maximum Gasteiger partial charge on any atom is 0.255 e. The van der Waals surface area contributed by atoms with Crippen molar-refractivity contribution in [1.82, 2.24) is 4.72 Å². The zero-order valence-electron chi connectivity index (χ0n) is 13.9. The number of rotatable bonds is 4. The monoisotopic (exact) mass is 368 g/mol. The Morgan fingerprint density at radius 1 is 1.00 bits per heavy atom. The Labute approximate surface area is 145 Å². The first-order valence-corrected chi connectivity index (χ1v) is 8.87. The third-order valence-corrected chi connectivity index (χ3v) is 4.78. The maximum absolute atomic E-state index is 13.2. The largest absolute Gasteiger partial charge is 0.322 e. The number of sulfonamides is 1. The second-order valence-corrected chi connectivity index (χ2v) is 8.15. The van der Waals surface area contributed by atoms with Crippen LogP contribution in [0.25, 0.3) is 0 Å². The molecule has 1 amide bonds. The van der Waals surface area contributed by atoms with E-state index in [1.54, 1.807) is 20.8 Å². The average molecular weight is 368 g/mol. The first-order valence-electron chi connectivity index (χ1n) is 7.38. The molecule has 25 heavy (non-hydrogen) atoms. The highest BCUT2D eigenvalue weighted by atomic mass is 32.2. The van der Waals surface area contributed by atoms with Gasteiger partial charge >= 0.3 is 0 Å². The van der Waals surface area contributed by atoms with Crippen LogP contribution in [0.3, 0.4) is 0 Å². The average Bonchev–Trinajstić information content (AvgIpc) is 2.48. The van der Waals surface area contributed by atoms with Crippen molar-refractivity contribution in [2.45, 2.75) is 31.2 Å². The Kier molecular flexibility index (Phi) is 5.24. The van der Waals surface area contributed by atoms with Gasteiger partial charge in [-0.15, -0.1) is 0 Å². The molecule has 8 heteroatoms. The van der Waals surface area contributed by atoms with Crippen molar-refractivity contribution in [2.75, 3.05) is 5.32 Å². The predicted octanol–water partition coefficient (Wildman–Crippen LogP) is 3.29. The molecule has 0 fully saturated rings. The van der Waals surface area contributed by atoms with Gasteiger partial charge in [0.2, 0.25) is 10.0 Å². The van der Waals surface area contributed by atoms with Crippen molar-refractivity contribution in [2.24, 2.45) is 0 Å². The molecular weight excluding hydrogens is 350 g/mol. The smallest absolute Gasteiger partial charge is 0.255 e. The summed E-state index contributed by atoms with van der Waals surface area (Å²) in [6.07, 6.45) is 0. The summed E-state index contributed by atoms with van der Waals surface area (Å²) in [5, 5.41) is 2.46. The van der Waals surface area contributed by atoms with Crippen LogP contribution in [-0.2, 0) is 10.0 Å². The number of hydrogen-bond acceptors (Lipinski definition) is 3. The van der Waals surface area contributed by atoms with Crippen molar-refractivity contribution in [1.29, 1.82) is 0 Å². The van der Waals surface area contributed by atoms with Crippen LogP contribution in [-0.4, -0.2) is 19.9 Å². The molecule has 2 N–H and O–H groups in total. The molecule has 134 valence electrons. The highest BCUT2D eigenvalue weighted by molar-refractivity contribution is 7.89. The van der Waals surface area contributed by atoms with Crippen LogP contribution in [0, 0.1) is 11.6 Å². The fraction of sp³-hybridized carbons (Fsp3) is 0.235. The second kappa shape index (κ2) is 6.89. The van der Waals surface area contributed by atoms with Gasteiger partial charge in [-0.25, -0.2) is 21.9 Å². The molecule has 0 unspecified atom stereocenters. The molecule has 2 aromatic rings. The summed E-state index contributed by atoms with van der Waals surface area (Å²) in [6, 6.07) is 8.39. The van der Waals surface area contributed by atoms with E-state index in [9.17, 15) is 22.0 Å². The van der Waals surface area contributed by atoms with Crippen LogP contribution in [0.1, 0.15) is 31.1 Å². The molecule has 0 bridgehead atoms. The van der Waals surface area contributed by atoms with E-state index >= 15 is 0 Å². The molecule has 2 rings (SSSR count). The molecule has 0 aliphatic rings. The summed E-state index contributed by atoms with van der Waals surface area (Å²) >= 11 is 0. The number of carbonyl (C=O) groups is 1. The normalized spacial score (nSPS) is 12.0. The zero-order chi connectivity index (χ0) is 18.8. The summed E-state index contributed by atoms with van der Waals surface area (Å²) < 4.78 is 53.3. The second-order valence-electron chi connectivity index (χ2n) is 6.47. The van der Waals surface area contributed by atoms with Crippen LogP contribution >= 0.6 is 0 Å². The molecule has 0 heterocycles. The predicted molar refractivity (Wildman–Crippen MR) is 90.8 cm³/mol. The molecule has 0 spiro atoms. The Bertz CT molecular complexity index is 906. The van der Waals surface area contributed by atoms with Crippen molar-refractivity contribution in [3.8, 4) is 0 Å². The first-order chi connectivity index (χ1) is 11.5. The molecule has 2 aromatic carbocycles. The summed E-state index contributed by atoms with van der Waals surface area (Å²) in [6.45, 7) is 5.12. The van der Waals surface area contributed by atoms with Gasteiger partial charge in [-0.3, -0.25) is 4.79 Å². The minimum Gasteiger partial charge on any atom is -0.322 e. The molecule has 0 aliphatic carbocycles. The van der Waals surface area contributed by atoms with Crippen LogP contribution in [0.15, 0.2) is 47.4 Å². The van der Waals surface area contributed by atoms with Gasteiger partial charge in [0, 0.05) is 16.8 Å². The molecule has 0 atom stereocenters. The number of amides is 1. The number of hydrogen-bond donors (Lipinski definition) is 2. The van der Waals surface area contributed by atoms with Crippen LogP contribution in [0.5, 0.6) is 0 Å².